The molecule has 34 heavy (non-hydrogen) atoms. The summed E-state index contributed by atoms with van der Waals surface area (Å²) in [5.41, 5.74) is 3.86. The molecule has 0 atom stereocenters. The van der Waals surface area contributed by atoms with E-state index in [0.29, 0.717) is 29.3 Å². The van der Waals surface area contributed by atoms with Crippen LogP contribution in [0.3, 0.4) is 0 Å². The van der Waals surface area contributed by atoms with Crippen LogP contribution < -0.4 is 15.0 Å². The molecule has 2 saturated heterocycles. The summed E-state index contributed by atoms with van der Waals surface area (Å²) in [6.07, 6.45) is 2.79. The molecule has 1 spiro atoms. The minimum Gasteiger partial charge on any atom is -0.494 e. The first-order valence-corrected chi connectivity index (χ1v) is 11.7. The molecule has 1 amide bonds. The molecule has 178 valence electrons. The van der Waals surface area contributed by atoms with Gasteiger partial charge in [0, 0.05) is 48.1 Å². The summed E-state index contributed by atoms with van der Waals surface area (Å²) in [6, 6.07) is 7.55. The number of methoxy groups -OCH3 is 1. The topological polar surface area (TPSA) is 79.8 Å². The number of carbonyl (C=O) groups excluding carboxylic acids is 1. The fourth-order valence-electron chi connectivity index (χ4n) is 4.69. The van der Waals surface area contributed by atoms with Crippen LogP contribution in [0.4, 0.5) is 22.0 Å². The van der Waals surface area contributed by atoms with E-state index in [0.717, 1.165) is 53.2 Å². The van der Waals surface area contributed by atoms with Crippen molar-refractivity contribution < 1.29 is 14.3 Å². The number of hydrogen-bond acceptors (Lipinski definition) is 7. The Balaban J connectivity index is 1.55. The maximum absolute atomic E-state index is 13.0. The van der Waals surface area contributed by atoms with E-state index in [9.17, 15) is 4.79 Å². The predicted octanol–water partition coefficient (Wildman–Crippen LogP) is 5.07. The summed E-state index contributed by atoms with van der Waals surface area (Å²) < 4.78 is 11.6. The van der Waals surface area contributed by atoms with Gasteiger partial charge in [0.2, 0.25) is 0 Å². The van der Waals surface area contributed by atoms with Crippen LogP contribution in [-0.4, -0.2) is 60.4 Å². The number of nitrogens with zero attached hydrogens (tertiary/aromatic N) is 4. The lowest BCUT2D eigenvalue weighted by molar-refractivity contribution is 0.00678. The molecule has 0 unspecified atom stereocenters. The number of fused-ring (bicyclic) bond motifs is 1. The van der Waals surface area contributed by atoms with E-state index >= 15 is 0 Å². The van der Waals surface area contributed by atoms with Crippen molar-refractivity contribution in [1.29, 1.82) is 0 Å². The molecular weight excluding hydrogens is 454 g/mol. The largest absolute Gasteiger partial charge is 0.494 e. The van der Waals surface area contributed by atoms with Gasteiger partial charge in [-0.25, -0.2) is 14.8 Å². The summed E-state index contributed by atoms with van der Waals surface area (Å²) in [5, 5.41) is 4.92. The monoisotopic (exact) mass is 481 g/mol. The first-order chi connectivity index (χ1) is 16.3. The predicted molar refractivity (Wildman–Crippen MR) is 134 cm³/mol. The maximum atomic E-state index is 13.0. The van der Waals surface area contributed by atoms with Crippen LogP contribution in [0.25, 0.3) is 10.9 Å². The first kappa shape index (κ1) is 22.7. The van der Waals surface area contributed by atoms with E-state index in [4.69, 9.17) is 21.1 Å². The average molecular weight is 482 g/mol. The molecule has 0 radical (unpaired) electrons. The Morgan fingerprint density at radius 3 is 2.65 bits per heavy atom. The smallest absolute Gasteiger partial charge is 0.415 e. The van der Waals surface area contributed by atoms with Crippen molar-refractivity contribution in [3.8, 4) is 5.75 Å². The van der Waals surface area contributed by atoms with Gasteiger partial charge in [-0.05, 0) is 50.2 Å². The molecule has 8 nitrogen and oxygen atoms in total. The number of aromatic nitrogens is 2. The zero-order chi connectivity index (χ0) is 24.0. The van der Waals surface area contributed by atoms with Gasteiger partial charge in [0.05, 0.1) is 24.9 Å². The quantitative estimate of drug-likeness (QED) is 0.557. The number of halogens is 1. The van der Waals surface area contributed by atoms with Gasteiger partial charge in [0.25, 0.3) is 0 Å². The standard InChI is InChI=1S/C25H28ClN5O3/c1-15-16(2)19(6-5-18(15)26)29-23-17-11-21(22(33-4)12-20(17)27-14-28-23)31-13-25(34-24(31)32)7-9-30(3)10-8-25/h5-6,11-12,14H,7-10,13H2,1-4H3,(H,27,28,29). The molecule has 3 aromatic rings. The van der Waals surface area contributed by atoms with Crippen LogP contribution >= 0.6 is 11.6 Å². The van der Waals surface area contributed by atoms with Gasteiger partial charge >= 0.3 is 6.09 Å². The summed E-state index contributed by atoms with van der Waals surface area (Å²) in [7, 11) is 3.68. The Labute approximate surface area is 203 Å². The summed E-state index contributed by atoms with van der Waals surface area (Å²) >= 11 is 6.27. The van der Waals surface area contributed by atoms with Crippen molar-refractivity contribution in [2.45, 2.75) is 32.3 Å². The van der Waals surface area contributed by atoms with Crippen molar-refractivity contribution in [2.75, 3.05) is 44.0 Å². The Kier molecular flexibility index (Phi) is 5.73. The van der Waals surface area contributed by atoms with Crippen LogP contribution in [0.15, 0.2) is 30.6 Å². The van der Waals surface area contributed by atoms with Gasteiger partial charge < -0.3 is 19.7 Å². The summed E-state index contributed by atoms with van der Waals surface area (Å²) in [6.45, 7) is 6.30. The van der Waals surface area contributed by atoms with Crippen LogP contribution in [-0.2, 0) is 4.74 Å². The Morgan fingerprint density at radius 1 is 1.15 bits per heavy atom. The van der Waals surface area contributed by atoms with Crippen LogP contribution in [0.1, 0.15) is 24.0 Å². The number of hydrogen-bond donors (Lipinski definition) is 1. The SMILES string of the molecule is COc1cc2ncnc(Nc3ccc(Cl)c(C)c3C)c2cc1N1CC2(CCN(C)CC2)OC1=O. The van der Waals surface area contributed by atoms with E-state index in [1.54, 1.807) is 12.0 Å². The van der Waals surface area contributed by atoms with Gasteiger partial charge in [-0.3, -0.25) is 4.90 Å². The molecule has 1 N–H and O–H groups in total. The summed E-state index contributed by atoms with van der Waals surface area (Å²) in [5.74, 6) is 1.21. The van der Waals surface area contributed by atoms with Gasteiger partial charge in [-0.15, -0.1) is 0 Å². The van der Waals surface area contributed by atoms with E-state index in [-0.39, 0.29) is 6.09 Å². The van der Waals surface area contributed by atoms with Crippen molar-refractivity contribution in [2.24, 2.45) is 0 Å². The van der Waals surface area contributed by atoms with E-state index < -0.39 is 5.60 Å². The summed E-state index contributed by atoms with van der Waals surface area (Å²) in [4.78, 5) is 25.9. The number of ether oxygens (including phenoxy) is 2. The average Bonchev–Trinajstić information content (AvgIpc) is 3.16. The van der Waals surface area contributed by atoms with Crippen molar-refractivity contribution in [1.82, 2.24) is 14.9 Å². The van der Waals surface area contributed by atoms with Gasteiger partial charge in [0.15, 0.2) is 0 Å². The van der Waals surface area contributed by atoms with E-state index in [2.05, 4.69) is 27.2 Å². The lowest BCUT2D eigenvalue weighted by Crippen LogP contribution is -2.45. The molecule has 2 aliphatic rings. The van der Waals surface area contributed by atoms with Gasteiger partial charge in [-0.1, -0.05) is 11.6 Å². The highest BCUT2D eigenvalue weighted by atomic mass is 35.5. The van der Waals surface area contributed by atoms with Crippen LogP contribution in [0.5, 0.6) is 5.75 Å². The zero-order valence-electron chi connectivity index (χ0n) is 19.8. The molecule has 2 fully saturated rings. The number of piperidine rings is 1. The maximum Gasteiger partial charge on any atom is 0.415 e. The van der Waals surface area contributed by atoms with E-state index in [1.165, 1.54) is 6.33 Å². The Hall–Kier alpha value is -3.10. The number of anilines is 3. The van der Waals surface area contributed by atoms with E-state index in [1.807, 2.05) is 38.1 Å². The molecule has 2 aromatic carbocycles. The third kappa shape index (κ3) is 3.91. The van der Waals surface area contributed by atoms with Gasteiger partial charge in [-0.2, -0.15) is 0 Å². The number of likely N-dealkylation sites (tertiary alicyclic amines) is 1. The first-order valence-electron chi connectivity index (χ1n) is 11.3. The molecule has 5 rings (SSSR count). The van der Waals surface area contributed by atoms with Crippen LogP contribution in [0.2, 0.25) is 5.02 Å². The highest BCUT2D eigenvalue weighted by Crippen LogP contribution is 2.41. The number of amides is 1. The fourth-order valence-corrected chi connectivity index (χ4v) is 4.90. The number of carbonyl (C=O) groups is 1. The third-order valence-corrected chi connectivity index (χ3v) is 7.48. The Bertz CT molecular complexity index is 1270. The number of rotatable bonds is 4. The van der Waals surface area contributed by atoms with Gasteiger partial charge in [0.1, 0.15) is 23.5 Å². The lowest BCUT2D eigenvalue weighted by atomic mass is 9.91. The highest BCUT2D eigenvalue weighted by Gasteiger charge is 2.47. The molecular formula is C25H28ClN5O3. The van der Waals surface area contributed by atoms with Crippen molar-refractivity contribution >= 4 is 45.8 Å². The Morgan fingerprint density at radius 2 is 1.91 bits per heavy atom. The number of nitrogens with one attached hydrogen (secondary N) is 1. The zero-order valence-corrected chi connectivity index (χ0v) is 20.6. The van der Waals surface area contributed by atoms with Crippen molar-refractivity contribution in [3.05, 3.63) is 46.7 Å². The van der Waals surface area contributed by atoms with Crippen LogP contribution in [0, 0.1) is 13.8 Å². The number of benzene rings is 2. The molecule has 1 aromatic heterocycles. The molecule has 0 saturated carbocycles. The normalized spacial score (nSPS) is 17.9. The second-order valence-corrected chi connectivity index (χ2v) is 9.58. The van der Waals surface area contributed by atoms with Crippen molar-refractivity contribution in [3.63, 3.8) is 0 Å². The molecule has 3 heterocycles. The minimum absolute atomic E-state index is 0.349. The second-order valence-electron chi connectivity index (χ2n) is 9.17. The lowest BCUT2D eigenvalue weighted by Gasteiger charge is -2.35. The molecule has 9 heteroatoms. The highest BCUT2D eigenvalue weighted by molar-refractivity contribution is 6.31. The molecule has 2 aliphatic heterocycles. The fraction of sp³-hybridized carbons (Fsp3) is 0.400. The minimum atomic E-state index is -0.463. The molecule has 0 bridgehead atoms. The third-order valence-electron chi connectivity index (χ3n) is 7.07. The second kappa shape index (κ2) is 8.60. The molecule has 0 aliphatic carbocycles.